The molecule has 0 unspecified atom stereocenters. The molecule has 1 heterocycles. The standard InChI is InChI=1S/C13H14FN3/c14-12-5-2-6-16-13(12)17-9-11-4-1-3-10(7-11)8-15/h1-7H,8-9,15H2,(H,16,17). The fourth-order valence-corrected chi connectivity index (χ4v) is 1.57. The van der Waals surface area contributed by atoms with Crippen molar-refractivity contribution in [2.24, 2.45) is 5.73 Å². The number of hydrogen-bond acceptors (Lipinski definition) is 3. The fourth-order valence-electron chi connectivity index (χ4n) is 1.57. The molecule has 0 atom stereocenters. The second kappa shape index (κ2) is 5.41. The summed E-state index contributed by atoms with van der Waals surface area (Å²) in [5, 5.41) is 2.95. The highest BCUT2D eigenvalue weighted by atomic mass is 19.1. The van der Waals surface area contributed by atoms with E-state index >= 15 is 0 Å². The molecule has 0 radical (unpaired) electrons. The first-order valence-corrected chi connectivity index (χ1v) is 5.42. The highest BCUT2D eigenvalue weighted by Crippen LogP contribution is 2.11. The van der Waals surface area contributed by atoms with Gasteiger partial charge in [-0.2, -0.15) is 0 Å². The number of benzene rings is 1. The lowest BCUT2D eigenvalue weighted by Gasteiger charge is -2.07. The quantitative estimate of drug-likeness (QED) is 0.848. The van der Waals surface area contributed by atoms with Crippen molar-refractivity contribution in [3.63, 3.8) is 0 Å². The van der Waals surface area contributed by atoms with Crippen LogP contribution in [0.1, 0.15) is 11.1 Å². The van der Waals surface area contributed by atoms with Gasteiger partial charge in [-0.25, -0.2) is 9.37 Å². The van der Waals surface area contributed by atoms with Gasteiger partial charge in [-0.3, -0.25) is 0 Å². The van der Waals surface area contributed by atoms with Crippen LogP contribution in [0.5, 0.6) is 0 Å². The first-order valence-electron chi connectivity index (χ1n) is 5.42. The minimum absolute atomic E-state index is 0.269. The van der Waals surface area contributed by atoms with Gasteiger partial charge >= 0.3 is 0 Å². The van der Waals surface area contributed by atoms with Crippen molar-refractivity contribution < 1.29 is 4.39 Å². The Bertz CT molecular complexity index is 500. The molecule has 0 aliphatic rings. The molecule has 3 N–H and O–H groups in total. The summed E-state index contributed by atoms with van der Waals surface area (Å²) in [6.45, 7) is 1.04. The Morgan fingerprint density at radius 3 is 2.76 bits per heavy atom. The van der Waals surface area contributed by atoms with Gasteiger partial charge in [0.05, 0.1) is 0 Å². The van der Waals surface area contributed by atoms with Crippen LogP contribution in [0, 0.1) is 5.82 Å². The van der Waals surface area contributed by atoms with Gasteiger partial charge in [0, 0.05) is 19.3 Å². The number of aromatic nitrogens is 1. The smallest absolute Gasteiger partial charge is 0.165 e. The number of nitrogens with two attached hydrogens (primary N) is 1. The Balaban J connectivity index is 2.05. The summed E-state index contributed by atoms with van der Waals surface area (Å²) in [7, 11) is 0. The molecule has 0 saturated heterocycles. The van der Waals surface area contributed by atoms with Crippen molar-refractivity contribution in [3.05, 3.63) is 59.5 Å². The number of rotatable bonds is 4. The van der Waals surface area contributed by atoms with Crippen LogP contribution in [-0.4, -0.2) is 4.98 Å². The van der Waals surface area contributed by atoms with Crippen LogP contribution in [0.15, 0.2) is 42.6 Å². The first-order chi connectivity index (χ1) is 8.29. The van der Waals surface area contributed by atoms with E-state index < -0.39 is 0 Å². The zero-order chi connectivity index (χ0) is 12.1. The number of halogens is 1. The Labute approximate surface area is 99.5 Å². The van der Waals surface area contributed by atoms with Crippen molar-refractivity contribution in [2.75, 3.05) is 5.32 Å². The largest absolute Gasteiger partial charge is 0.364 e. The van der Waals surface area contributed by atoms with Crippen molar-refractivity contribution in [1.82, 2.24) is 4.98 Å². The van der Waals surface area contributed by atoms with E-state index in [1.165, 1.54) is 6.07 Å². The molecule has 2 rings (SSSR count). The lowest BCUT2D eigenvalue weighted by atomic mass is 10.1. The summed E-state index contributed by atoms with van der Waals surface area (Å²) in [6.07, 6.45) is 1.56. The summed E-state index contributed by atoms with van der Waals surface area (Å²) >= 11 is 0. The molecule has 0 bridgehead atoms. The third-order valence-electron chi connectivity index (χ3n) is 2.45. The molecular weight excluding hydrogens is 217 g/mol. The zero-order valence-corrected chi connectivity index (χ0v) is 9.36. The second-order valence-corrected chi connectivity index (χ2v) is 3.71. The monoisotopic (exact) mass is 231 g/mol. The van der Waals surface area contributed by atoms with E-state index in [2.05, 4.69) is 10.3 Å². The van der Waals surface area contributed by atoms with E-state index in [-0.39, 0.29) is 11.6 Å². The molecule has 17 heavy (non-hydrogen) atoms. The Morgan fingerprint density at radius 2 is 2.00 bits per heavy atom. The topological polar surface area (TPSA) is 50.9 Å². The van der Waals surface area contributed by atoms with Crippen LogP contribution in [0.3, 0.4) is 0 Å². The molecule has 0 fully saturated rings. The third kappa shape index (κ3) is 3.01. The molecule has 3 nitrogen and oxygen atoms in total. The van der Waals surface area contributed by atoms with E-state index in [1.54, 1.807) is 12.3 Å². The average Bonchev–Trinajstić information content (AvgIpc) is 2.38. The summed E-state index contributed by atoms with van der Waals surface area (Å²) in [4.78, 5) is 3.93. The molecule has 2 aromatic rings. The van der Waals surface area contributed by atoms with Gasteiger partial charge in [-0.05, 0) is 23.3 Å². The Kier molecular flexibility index (Phi) is 3.67. The maximum absolute atomic E-state index is 13.3. The Morgan fingerprint density at radius 1 is 1.18 bits per heavy atom. The summed E-state index contributed by atoms with van der Waals surface area (Å²) in [5.74, 6) is -0.0758. The molecule has 1 aromatic carbocycles. The van der Waals surface area contributed by atoms with Crippen molar-refractivity contribution in [2.45, 2.75) is 13.1 Å². The predicted molar refractivity (Wildman–Crippen MR) is 65.9 cm³/mol. The van der Waals surface area contributed by atoms with Gasteiger partial charge in [0.15, 0.2) is 11.6 Å². The number of pyridine rings is 1. The minimum Gasteiger partial charge on any atom is -0.364 e. The second-order valence-electron chi connectivity index (χ2n) is 3.71. The highest BCUT2D eigenvalue weighted by Gasteiger charge is 2.01. The van der Waals surface area contributed by atoms with Crippen LogP contribution < -0.4 is 11.1 Å². The molecule has 0 aliphatic heterocycles. The fraction of sp³-hybridized carbons (Fsp3) is 0.154. The van der Waals surface area contributed by atoms with Crippen molar-refractivity contribution in [3.8, 4) is 0 Å². The number of anilines is 1. The molecule has 0 spiro atoms. The number of nitrogens with zero attached hydrogens (tertiary/aromatic N) is 1. The minimum atomic E-state index is -0.345. The van der Waals surface area contributed by atoms with Crippen LogP contribution in [0.4, 0.5) is 10.2 Å². The summed E-state index contributed by atoms with van der Waals surface area (Å²) in [6, 6.07) is 10.8. The zero-order valence-electron chi connectivity index (χ0n) is 9.36. The van der Waals surface area contributed by atoms with E-state index in [4.69, 9.17) is 5.73 Å². The normalized spacial score (nSPS) is 10.2. The molecule has 88 valence electrons. The van der Waals surface area contributed by atoms with Gasteiger partial charge in [-0.15, -0.1) is 0 Å². The van der Waals surface area contributed by atoms with Crippen molar-refractivity contribution in [1.29, 1.82) is 0 Å². The number of hydrogen-bond donors (Lipinski definition) is 2. The molecular formula is C13H14FN3. The van der Waals surface area contributed by atoms with E-state index in [1.807, 2.05) is 24.3 Å². The molecule has 4 heteroatoms. The van der Waals surface area contributed by atoms with Gasteiger partial charge < -0.3 is 11.1 Å². The van der Waals surface area contributed by atoms with Crippen LogP contribution in [0.2, 0.25) is 0 Å². The average molecular weight is 231 g/mol. The van der Waals surface area contributed by atoms with Crippen molar-refractivity contribution >= 4 is 5.82 Å². The third-order valence-corrected chi connectivity index (χ3v) is 2.45. The molecule has 0 aliphatic carbocycles. The van der Waals surface area contributed by atoms with Gasteiger partial charge in [0.25, 0.3) is 0 Å². The molecule has 0 saturated carbocycles. The number of nitrogens with one attached hydrogen (secondary N) is 1. The van der Waals surface area contributed by atoms with E-state index in [0.29, 0.717) is 13.1 Å². The SMILES string of the molecule is NCc1cccc(CNc2ncccc2F)c1. The first kappa shape index (κ1) is 11.5. The molecule has 1 aromatic heterocycles. The predicted octanol–water partition coefficient (Wildman–Crippen LogP) is 2.29. The van der Waals surface area contributed by atoms with Gasteiger partial charge in [0.1, 0.15) is 0 Å². The van der Waals surface area contributed by atoms with Crippen LogP contribution in [0.25, 0.3) is 0 Å². The highest BCUT2D eigenvalue weighted by molar-refractivity contribution is 5.37. The van der Waals surface area contributed by atoms with Gasteiger partial charge in [0.2, 0.25) is 0 Å². The van der Waals surface area contributed by atoms with Crippen LogP contribution in [-0.2, 0) is 13.1 Å². The lowest BCUT2D eigenvalue weighted by molar-refractivity contribution is 0.624. The molecule has 0 amide bonds. The van der Waals surface area contributed by atoms with Gasteiger partial charge in [-0.1, -0.05) is 24.3 Å². The van der Waals surface area contributed by atoms with E-state index in [9.17, 15) is 4.39 Å². The maximum Gasteiger partial charge on any atom is 0.165 e. The summed E-state index contributed by atoms with van der Waals surface area (Å²) in [5.41, 5.74) is 7.67. The lowest BCUT2D eigenvalue weighted by Crippen LogP contribution is -2.04. The Hall–Kier alpha value is -1.94. The summed E-state index contributed by atoms with van der Waals surface area (Å²) < 4.78 is 13.3. The maximum atomic E-state index is 13.3. The van der Waals surface area contributed by atoms with Crippen LogP contribution >= 0.6 is 0 Å². The van der Waals surface area contributed by atoms with E-state index in [0.717, 1.165) is 11.1 Å².